The molecule has 2 N–H and O–H groups in total. The number of nitrogens with zero attached hydrogens (tertiary/aromatic N) is 2. The van der Waals surface area contributed by atoms with Crippen molar-refractivity contribution in [2.75, 3.05) is 0 Å². The number of halogens is 3. The van der Waals surface area contributed by atoms with Crippen LogP contribution in [0.3, 0.4) is 0 Å². The zero-order valence-corrected chi connectivity index (χ0v) is 10.7. The molecular weight excluding hydrogens is 268 g/mol. The summed E-state index contributed by atoms with van der Waals surface area (Å²) in [5.74, 6) is 0.826. The van der Waals surface area contributed by atoms with Crippen LogP contribution in [0.1, 0.15) is 5.82 Å². The molecular formula is C10H12Cl3N3. The Morgan fingerprint density at radius 1 is 1.31 bits per heavy atom. The Labute approximate surface area is 111 Å². The highest BCUT2D eigenvalue weighted by molar-refractivity contribution is 6.30. The molecule has 6 heteroatoms. The molecule has 0 radical (unpaired) electrons. The van der Waals surface area contributed by atoms with Gasteiger partial charge in [0.1, 0.15) is 5.82 Å². The van der Waals surface area contributed by atoms with Crippen molar-refractivity contribution in [3.8, 4) is 5.69 Å². The molecule has 1 aromatic heterocycles. The molecule has 2 aromatic rings. The fraction of sp³-hybridized carbons (Fsp3) is 0.100. The van der Waals surface area contributed by atoms with E-state index in [-0.39, 0.29) is 24.8 Å². The minimum Gasteiger partial charge on any atom is -0.324 e. The van der Waals surface area contributed by atoms with Gasteiger partial charge in [-0.25, -0.2) is 4.98 Å². The van der Waals surface area contributed by atoms with E-state index in [0.717, 1.165) is 11.5 Å². The lowest BCUT2D eigenvalue weighted by Gasteiger charge is -2.05. The van der Waals surface area contributed by atoms with Gasteiger partial charge in [-0.15, -0.1) is 24.8 Å². The maximum atomic E-state index is 5.89. The van der Waals surface area contributed by atoms with Crippen LogP contribution in [0.25, 0.3) is 5.69 Å². The quantitative estimate of drug-likeness (QED) is 0.919. The third-order valence-electron chi connectivity index (χ3n) is 1.99. The number of hydrogen-bond donors (Lipinski definition) is 1. The summed E-state index contributed by atoms with van der Waals surface area (Å²) in [5, 5.41) is 0.708. The van der Waals surface area contributed by atoms with Crippen LogP contribution in [-0.2, 0) is 6.54 Å². The minimum atomic E-state index is 0. The van der Waals surface area contributed by atoms with Gasteiger partial charge in [0.05, 0.1) is 6.54 Å². The van der Waals surface area contributed by atoms with Gasteiger partial charge in [0, 0.05) is 23.1 Å². The first-order chi connectivity index (χ1) is 6.81. The van der Waals surface area contributed by atoms with E-state index < -0.39 is 0 Å². The second-order valence-corrected chi connectivity index (χ2v) is 3.33. The van der Waals surface area contributed by atoms with Crippen molar-refractivity contribution < 1.29 is 0 Å². The van der Waals surface area contributed by atoms with E-state index in [2.05, 4.69) is 4.98 Å². The average Bonchev–Trinajstić information content (AvgIpc) is 2.65. The number of imidazole rings is 1. The van der Waals surface area contributed by atoms with Crippen LogP contribution in [0.5, 0.6) is 0 Å². The van der Waals surface area contributed by atoms with Crippen molar-refractivity contribution in [3.63, 3.8) is 0 Å². The summed E-state index contributed by atoms with van der Waals surface area (Å²) in [6.45, 7) is 0.416. The molecule has 0 aliphatic heterocycles. The van der Waals surface area contributed by atoms with Gasteiger partial charge in [-0.2, -0.15) is 0 Å². The summed E-state index contributed by atoms with van der Waals surface area (Å²) in [5.41, 5.74) is 6.54. The van der Waals surface area contributed by atoms with Gasteiger partial charge in [0.15, 0.2) is 0 Å². The monoisotopic (exact) mass is 279 g/mol. The van der Waals surface area contributed by atoms with E-state index in [9.17, 15) is 0 Å². The van der Waals surface area contributed by atoms with Crippen molar-refractivity contribution in [2.24, 2.45) is 5.73 Å². The largest absolute Gasteiger partial charge is 0.324 e. The van der Waals surface area contributed by atoms with E-state index in [1.165, 1.54) is 0 Å². The lowest BCUT2D eigenvalue weighted by molar-refractivity contribution is 0.868. The Balaban J connectivity index is 0.00000112. The maximum absolute atomic E-state index is 5.89. The summed E-state index contributed by atoms with van der Waals surface area (Å²) >= 11 is 5.89. The number of hydrogen-bond acceptors (Lipinski definition) is 2. The molecule has 88 valence electrons. The summed E-state index contributed by atoms with van der Waals surface area (Å²) in [6.07, 6.45) is 3.59. The normalized spacial score (nSPS) is 9.12. The molecule has 0 aliphatic rings. The van der Waals surface area contributed by atoms with Crippen LogP contribution in [0.15, 0.2) is 36.7 Å². The molecule has 16 heavy (non-hydrogen) atoms. The Hall–Kier alpha value is -0.740. The Bertz CT molecular complexity index is 442. The van der Waals surface area contributed by atoms with Crippen molar-refractivity contribution in [1.82, 2.24) is 9.55 Å². The van der Waals surface area contributed by atoms with Crippen molar-refractivity contribution in [3.05, 3.63) is 47.5 Å². The van der Waals surface area contributed by atoms with Gasteiger partial charge in [-0.1, -0.05) is 17.7 Å². The Kier molecular flexibility index (Phi) is 6.45. The van der Waals surface area contributed by atoms with Gasteiger partial charge in [0.25, 0.3) is 0 Å². The van der Waals surface area contributed by atoms with E-state index in [4.69, 9.17) is 17.3 Å². The van der Waals surface area contributed by atoms with Crippen LogP contribution < -0.4 is 5.73 Å². The van der Waals surface area contributed by atoms with Crippen LogP contribution in [-0.4, -0.2) is 9.55 Å². The first kappa shape index (κ1) is 15.3. The highest BCUT2D eigenvalue weighted by Gasteiger charge is 2.02. The van der Waals surface area contributed by atoms with Crippen molar-refractivity contribution >= 4 is 36.4 Å². The van der Waals surface area contributed by atoms with Gasteiger partial charge in [-0.05, 0) is 18.2 Å². The number of nitrogens with two attached hydrogens (primary N) is 1. The van der Waals surface area contributed by atoms with Crippen LogP contribution in [0.4, 0.5) is 0 Å². The molecule has 0 saturated carbocycles. The minimum absolute atomic E-state index is 0. The number of rotatable bonds is 2. The Morgan fingerprint density at radius 3 is 2.69 bits per heavy atom. The summed E-state index contributed by atoms with van der Waals surface area (Å²) < 4.78 is 1.92. The van der Waals surface area contributed by atoms with Gasteiger partial charge >= 0.3 is 0 Å². The van der Waals surface area contributed by atoms with Crippen molar-refractivity contribution in [2.45, 2.75) is 6.54 Å². The fourth-order valence-corrected chi connectivity index (χ4v) is 1.53. The van der Waals surface area contributed by atoms with Gasteiger partial charge in [0.2, 0.25) is 0 Å². The zero-order chi connectivity index (χ0) is 9.97. The van der Waals surface area contributed by atoms with Crippen molar-refractivity contribution in [1.29, 1.82) is 0 Å². The molecule has 0 aliphatic carbocycles. The summed E-state index contributed by atoms with van der Waals surface area (Å²) in [6, 6.07) is 7.58. The Morgan fingerprint density at radius 2 is 2.06 bits per heavy atom. The lowest BCUT2D eigenvalue weighted by atomic mass is 10.3. The molecule has 0 bridgehead atoms. The predicted molar refractivity (Wildman–Crippen MR) is 71.0 cm³/mol. The predicted octanol–water partition coefficient (Wildman–Crippen LogP) is 2.83. The molecule has 0 saturated heterocycles. The molecule has 0 atom stereocenters. The maximum Gasteiger partial charge on any atom is 0.126 e. The number of benzene rings is 1. The molecule has 1 aromatic carbocycles. The second kappa shape index (κ2) is 6.76. The van der Waals surface area contributed by atoms with E-state index in [0.29, 0.717) is 11.6 Å². The van der Waals surface area contributed by atoms with Crippen LogP contribution >= 0.6 is 36.4 Å². The third kappa shape index (κ3) is 3.12. The van der Waals surface area contributed by atoms with Gasteiger partial charge < -0.3 is 10.3 Å². The summed E-state index contributed by atoms with van der Waals surface area (Å²) in [4.78, 5) is 4.14. The van der Waals surface area contributed by atoms with E-state index in [1.807, 2.05) is 35.0 Å². The smallest absolute Gasteiger partial charge is 0.126 e. The lowest BCUT2D eigenvalue weighted by Crippen LogP contribution is -2.05. The topological polar surface area (TPSA) is 43.8 Å². The molecule has 3 nitrogen and oxygen atoms in total. The molecule has 2 rings (SSSR count). The highest BCUT2D eigenvalue weighted by atomic mass is 35.5. The SMILES string of the molecule is Cl.Cl.NCc1nccn1-c1cccc(Cl)c1. The molecule has 0 amide bonds. The second-order valence-electron chi connectivity index (χ2n) is 2.90. The van der Waals surface area contributed by atoms with E-state index >= 15 is 0 Å². The zero-order valence-electron chi connectivity index (χ0n) is 8.34. The molecule has 0 spiro atoms. The third-order valence-corrected chi connectivity index (χ3v) is 2.22. The van der Waals surface area contributed by atoms with Crippen LogP contribution in [0.2, 0.25) is 5.02 Å². The first-order valence-corrected chi connectivity index (χ1v) is 4.67. The van der Waals surface area contributed by atoms with Crippen LogP contribution in [0, 0.1) is 0 Å². The highest BCUT2D eigenvalue weighted by Crippen LogP contribution is 2.15. The molecule has 0 fully saturated rings. The summed E-state index contributed by atoms with van der Waals surface area (Å²) in [7, 11) is 0. The average molecular weight is 281 g/mol. The molecule has 1 heterocycles. The van der Waals surface area contributed by atoms with E-state index in [1.54, 1.807) is 6.20 Å². The fourth-order valence-electron chi connectivity index (χ4n) is 1.35. The standard InChI is InChI=1S/C10H10ClN3.2ClH/c11-8-2-1-3-9(6-8)14-5-4-13-10(14)7-12;;/h1-6H,7,12H2;2*1H. The first-order valence-electron chi connectivity index (χ1n) is 4.29. The molecule has 0 unspecified atom stereocenters. The van der Waals surface area contributed by atoms with Gasteiger partial charge in [-0.3, -0.25) is 0 Å². The number of aromatic nitrogens is 2.